The number of hydrogen-bond donors (Lipinski definition) is 3. The minimum absolute atomic E-state index is 0.0475. The van der Waals surface area contributed by atoms with Crippen LogP contribution in [0.3, 0.4) is 0 Å². The summed E-state index contributed by atoms with van der Waals surface area (Å²) in [6.45, 7) is 2.02. The molecule has 2 aliphatic carbocycles. The smallest absolute Gasteiger partial charge is 0.252 e. The monoisotopic (exact) mass is 410 g/mol. The number of thioether (sulfide) groups is 1. The van der Waals surface area contributed by atoms with Gasteiger partial charge < -0.3 is 16.0 Å². The van der Waals surface area contributed by atoms with Crippen LogP contribution in [-0.2, 0) is 4.79 Å². The molecule has 0 bridgehead atoms. The van der Waals surface area contributed by atoms with Crippen molar-refractivity contribution >= 4 is 29.2 Å². The second kappa shape index (κ2) is 8.05. The number of rotatable bonds is 4. The number of fused-ring (bicyclic) bond motifs is 2. The predicted octanol–water partition coefficient (Wildman–Crippen LogP) is 4.58. The summed E-state index contributed by atoms with van der Waals surface area (Å²) in [5.41, 5.74) is 2.82. The van der Waals surface area contributed by atoms with E-state index in [0.29, 0.717) is 29.2 Å². The fourth-order valence-electron chi connectivity index (χ4n) is 5.38. The van der Waals surface area contributed by atoms with Gasteiger partial charge in [0.05, 0.1) is 5.69 Å². The number of amides is 1. The number of nitrogens with zero attached hydrogens (tertiary/aromatic N) is 1. The van der Waals surface area contributed by atoms with Crippen molar-refractivity contribution in [3.63, 3.8) is 0 Å². The van der Waals surface area contributed by atoms with E-state index in [4.69, 9.17) is 0 Å². The lowest BCUT2D eigenvalue weighted by Gasteiger charge is -2.34. The molecule has 0 saturated heterocycles. The summed E-state index contributed by atoms with van der Waals surface area (Å²) in [7, 11) is 0. The Kier molecular flexibility index (Phi) is 5.29. The first-order chi connectivity index (χ1) is 14.2. The number of pyridine rings is 1. The highest BCUT2D eigenvalue weighted by Gasteiger charge is 2.37. The van der Waals surface area contributed by atoms with Gasteiger partial charge in [0.15, 0.2) is 0 Å². The number of carbonyl (C=O) groups excluding carboxylic acids is 1. The van der Waals surface area contributed by atoms with Gasteiger partial charge in [0, 0.05) is 40.9 Å². The van der Waals surface area contributed by atoms with E-state index in [1.54, 1.807) is 0 Å². The van der Waals surface area contributed by atoms with E-state index in [0.717, 1.165) is 35.5 Å². The van der Waals surface area contributed by atoms with Crippen LogP contribution in [0, 0.1) is 18.8 Å². The molecule has 5 atom stereocenters. The summed E-state index contributed by atoms with van der Waals surface area (Å²) < 4.78 is 0. The zero-order valence-electron chi connectivity index (χ0n) is 17.0. The molecule has 4 aliphatic rings. The third-order valence-electron chi connectivity index (χ3n) is 6.92. The minimum atomic E-state index is 0.0475. The zero-order chi connectivity index (χ0) is 19.8. The first kappa shape index (κ1) is 19.0. The Morgan fingerprint density at radius 3 is 3.03 bits per heavy atom. The van der Waals surface area contributed by atoms with Crippen LogP contribution in [0.25, 0.3) is 0 Å². The molecule has 3 N–H and O–H groups in total. The lowest BCUT2D eigenvalue weighted by molar-refractivity contribution is -0.113. The summed E-state index contributed by atoms with van der Waals surface area (Å²) in [6, 6.07) is 2.90. The number of carbonyl (C=O) groups is 1. The number of nitrogens with one attached hydrogen (secondary N) is 3. The Morgan fingerprint density at radius 1 is 1.21 bits per heavy atom. The van der Waals surface area contributed by atoms with Crippen LogP contribution in [-0.4, -0.2) is 28.2 Å². The molecule has 1 amide bonds. The molecule has 5 nitrogen and oxygen atoms in total. The molecule has 5 rings (SSSR count). The van der Waals surface area contributed by atoms with E-state index in [1.807, 2.05) is 30.9 Å². The van der Waals surface area contributed by atoms with Crippen molar-refractivity contribution in [1.82, 2.24) is 10.3 Å². The second-order valence-electron chi connectivity index (χ2n) is 8.89. The summed E-state index contributed by atoms with van der Waals surface area (Å²) in [4.78, 5) is 17.8. The van der Waals surface area contributed by atoms with Gasteiger partial charge >= 0.3 is 0 Å². The molecule has 2 fully saturated rings. The van der Waals surface area contributed by atoms with Crippen LogP contribution in [0.4, 0.5) is 11.5 Å². The van der Waals surface area contributed by atoms with Crippen molar-refractivity contribution in [2.24, 2.45) is 11.8 Å². The molecule has 0 aromatic carbocycles. The van der Waals surface area contributed by atoms with Crippen LogP contribution >= 0.6 is 11.8 Å². The molecule has 6 heteroatoms. The van der Waals surface area contributed by atoms with Crippen molar-refractivity contribution in [2.45, 2.75) is 69.2 Å². The molecule has 1 aromatic rings. The van der Waals surface area contributed by atoms with Gasteiger partial charge in [-0.05, 0) is 62.3 Å². The van der Waals surface area contributed by atoms with E-state index < -0.39 is 0 Å². The van der Waals surface area contributed by atoms with Gasteiger partial charge in [-0.25, -0.2) is 4.98 Å². The van der Waals surface area contributed by atoms with Gasteiger partial charge in [0.25, 0.3) is 5.91 Å². The minimum Gasteiger partial charge on any atom is -0.388 e. The number of hydrogen-bond acceptors (Lipinski definition) is 5. The van der Waals surface area contributed by atoms with Crippen LogP contribution < -0.4 is 16.0 Å². The molecule has 5 unspecified atom stereocenters. The first-order valence-electron chi connectivity index (χ1n) is 11.0. The fourth-order valence-corrected chi connectivity index (χ4v) is 6.76. The summed E-state index contributed by atoms with van der Waals surface area (Å²) in [5, 5.41) is 13.0. The Bertz CT molecular complexity index is 851. The summed E-state index contributed by atoms with van der Waals surface area (Å²) in [6.07, 6.45) is 14.7. The molecule has 2 aliphatic heterocycles. The maximum absolute atomic E-state index is 13.1. The SMILES string of the molecule is Cc1cnc(NC2CCCC3NC=CC32)c(NC(=O)C2=CSC3CCCCC23)c1. The van der Waals surface area contributed by atoms with Crippen LogP contribution in [0.5, 0.6) is 0 Å². The topological polar surface area (TPSA) is 66.1 Å². The van der Waals surface area contributed by atoms with Gasteiger partial charge in [0.1, 0.15) is 5.82 Å². The van der Waals surface area contributed by atoms with Crippen LogP contribution in [0.2, 0.25) is 0 Å². The van der Waals surface area contributed by atoms with Crippen LogP contribution in [0.1, 0.15) is 50.5 Å². The molecule has 0 radical (unpaired) electrons. The molecular formula is C23H30N4OS. The Balaban J connectivity index is 1.33. The highest BCUT2D eigenvalue weighted by atomic mass is 32.2. The quantitative estimate of drug-likeness (QED) is 0.678. The van der Waals surface area contributed by atoms with Gasteiger partial charge in [0.2, 0.25) is 0 Å². The van der Waals surface area contributed by atoms with E-state index in [2.05, 4.69) is 38.6 Å². The normalized spacial score (nSPS) is 32.7. The maximum atomic E-state index is 13.1. The van der Waals surface area contributed by atoms with Crippen molar-refractivity contribution < 1.29 is 4.79 Å². The van der Waals surface area contributed by atoms with E-state index >= 15 is 0 Å². The fraction of sp³-hybridized carbons (Fsp3) is 0.565. The predicted molar refractivity (Wildman–Crippen MR) is 120 cm³/mol. The van der Waals surface area contributed by atoms with E-state index in [1.165, 1.54) is 32.1 Å². The summed E-state index contributed by atoms with van der Waals surface area (Å²) in [5.74, 6) is 1.73. The molecule has 0 spiro atoms. The molecule has 154 valence electrons. The van der Waals surface area contributed by atoms with Gasteiger partial charge in [-0.2, -0.15) is 0 Å². The Morgan fingerprint density at radius 2 is 2.10 bits per heavy atom. The molecular weight excluding hydrogens is 380 g/mol. The van der Waals surface area contributed by atoms with E-state index in [-0.39, 0.29) is 5.91 Å². The largest absolute Gasteiger partial charge is 0.388 e. The molecule has 29 heavy (non-hydrogen) atoms. The standard InChI is InChI=1S/C23H30N4OS/c1-14-11-20(27-23(28)17-13-29-21-8-3-2-5-15(17)21)22(25-12-14)26-19-7-4-6-18-16(19)9-10-24-18/h9-13,15-16,18-19,21,24H,2-8H2,1H3,(H,25,26)(H,27,28). The second-order valence-corrected chi connectivity index (χ2v) is 10.0. The van der Waals surface area contributed by atoms with Gasteiger partial charge in [-0.15, -0.1) is 11.8 Å². The lowest BCUT2D eigenvalue weighted by atomic mass is 9.82. The molecule has 3 heterocycles. The summed E-state index contributed by atoms with van der Waals surface area (Å²) >= 11 is 1.85. The highest BCUT2D eigenvalue weighted by molar-refractivity contribution is 8.03. The number of aromatic nitrogens is 1. The average molecular weight is 411 g/mol. The third kappa shape index (κ3) is 3.79. The molecule has 2 saturated carbocycles. The lowest BCUT2D eigenvalue weighted by Crippen LogP contribution is -2.42. The Labute approximate surface area is 177 Å². The van der Waals surface area contributed by atoms with Crippen LogP contribution in [0.15, 0.2) is 35.5 Å². The molecule has 1 aromatic heterocycles. The van der Waals surface area contributed by atoms with Gasteiger partial charge in [-0.3, -0.25) is 4.79 Å². The zero-order valence-corrected chi connectivity index (χ0v) is 17.8. The number of anilines is 2. The van der Waals surface area contributed by atoms with Crippen molar-refractivity contribution in [2.75, 3.05) is 10.6 Å². The highest BCUT2D eigenvalue weighted by Crippen LogP contribution is 2.45. The maximum Gasteiger partial charge on any atom is 0.252 e. The van der Waals surface area contributed by atoms with Crippen molar-refractivity contribution in [3.8, 4) is 0 Å². The Hall–Kier alpha value is -1.95. The third-order valence-corrected chi connectivity index (χ3v) is 8.22. The first-order valence-corrected chi connectivity index (χ1v) is 12.0. The van der Waals surface area contributed by atoms with Crippen molar-refractivity contribution in [3.05, 3.63) is 41.1 Å². The van der Waals surface area contributed by atoms with Crippen molar-refractivity contribution in [1.29, 1.82) is 0 Å². The number of aryl methyl sites for hydroxylation is 1. The van der Waals surface area contributed by atoms with E-state index in [9.17, 15) is 4.79 Å². The van der Waals surface area contributed by atoms with Gasteiger partial charge in [-0.1, -0.05) is 18.9 Å². The average Bonchev–Trinajstić information content (AvgIpc) is 3.37.